The summed E-state index contributed by atoms with van der Waals surface area (Å²) in [7, 11) is -2.99. The van der Waals surface area contributed by atoms with Crippen LogP contribution in [0.4, 0.5) is 0 Å². The maximum absolute atomic E-state index is 11.5. The minimum Gasteiger partial charge on any atom is -0.307 e. The summed E-state index contributed by atoms with van der Waals surface area (Å²) in [5.74, 6) is 0.165. The lowest BCUT2D eigenvalue weighted by atomic mass is 10.1. The van der Waals surface area contributed by atoms with E-state index in [1.54, 1.807) is 6.92 Å². The highest BCUT2D eigenvalue weighted by Crippen LogP contribution is 2.08. The normalized spacial score (nSPS) is 22.5. The van der Waals surface area contributed by atoms with Crippen LogP contribution in [0.15, 0.2) is 0 Å². The van der Waals surface area contributed by atoms with Crippen LogP contribution in [0.3, 0.4) is 0 Å². The van der Waals surface area contributed by atoms with Gasteiger partial charge in [0.2, 0.25) is 0 Å². The second-order valence-electron chi connectivity index (χ2n) is 3.60. The highest BCUT2D eigenvalue weighted by Gasteiger charge is 2.22. The van der Waals surface area contributed by atoms with Gasteiger partial charge in [0.05, 0.1) is 11.8 Å². The molecule has 5 heteroatoms. The van der Waals surface area contributed by atoms with Gasteiger partial charge in [0.15, 0.2) is 5.78 Å². The first-order valence-corrected chi connectivity index (χ1v) is 6.84. The van der Waals surface area contributed by atoms with Gasteiger partial charge in [-0.2, -0.15) is 0 Å². The topological polar surface area (TPSA) is 63.2 Å². The molecule has 0 aliphatic carbocycles. The fraction of sp³-hybridized carbons (Fsp3) is 0.889. The van der Waals surface area contributed by atoms with Crippen molar-refractivity contribution in [3.8, 4) is 0 Å². The molecule has 1 aliphatic rings. The lowest BCUT2D eigenvalue weighted by Crippen LogP contribution is -2.32. The number of sulfone groups is 1. The minimum absolute atomic E-state index is 0.000509. The zero-order valence-electron chi connectivity index (χ0n) is 8.45. The van der Waals surface area contributed by atoms with E-state index in [1.807, 2.05) is 0 Å². The molecule has 0 amide bonds. The van der Waals surface area contributed by atoms with Crippen molar-refractivity contribution < 1.29 is 13.2 Å². The van der Waals surface area contributed by atoms with Crippen LogP contribution in [0.2, 0.25) is 0 Å². The summed E-state index contributed by atoms with van der Waals surface area (Å²) in [5.41, 5.74) is 0. The van der Waals surface area contributed by atoms with Crippen LogP contribution in [-0.4, -0.2) is 38.3 Å². The van der Waals surface area contributed by atoms with Crippen molar-refractivity contribution in [1.29, 1.82) is 0 Å². The van der Waals surface area contributed by atoms with Crippen molar-refractivity contribution in [2.45, 2.75) is 32.2 Å². The quantitative estimate of drug-likeness (QED) is 0.714. The molecule has 1 saturated heterocycles. The average Bonchev–Trinajstić information content (AvgIpc) is 2.67. The van der Waals surface area contributed by atoms with Gasteiger partial charge in [-0.1, -0.05) is 6.92 Å². The predicted octanol–water partition coefficient (Wildman–Crippen LogP) is 0.132. The summed E-state index contributed by atoms with van der Waals surface area (Å²) in [4.78, 5) is 11.5. The number of carbonyl (C=O) groups excluding carboxylic acids is 1. The zero-order valence-corrected chi connectivity index (χ0v) is 9.27. The van der Waals surface area contributed by atoms with Crippen molar-refractivity contribution in [2.24, 2.45) is 0 Å². The van der Waals surface area contributed by atoms with E-state index in [9.17, 15) is 13.2 Å². The van der Waals surface area contributed by atoms with E-state index in [4.69, 9.17) is 0 Å². The summed E-state index contributed by atoms with van der Waals surface area (Å²) >= 11 is 0. The lowest BCUT2D eigenvalue weighted by Gasteiger charge is -2.08. The Hall–Kier alpha value is -0.420. The van der Waals surface area contributed by atoms with E-state index in [1.165, 1.54) is 0 Å². The van der Waals surface area contributed by atoms with E-state index in [0.29, 0.717) is 0 Å². The number of hydrogen-bond acceptors (Lipinski definition) is 4. The van der Waals surface area contributed by atoms with Gasteiger partial charge in [-0.05, 0) is 19.4 Å². The van der Waals surface area contributed by atoms with Gasteiger partial charge in [0.1, 0.15) is 9.84 Å². The van der Waals surface area contributed by atoms with Gasteiger partial charge in [-0.25, -0.2) is 8.42 Å². The maximum atomic E-state index is 11.5. The Morgan fingerprint density at radius 1 is 1.50 bits per heavy atom. The summed E-state index contributed by atoms with van der Waals surface area (Å²) in [6, 6.07) is -0.0953. The summed E-state index contributed by atoms with van der Waals surface area (Å²) in [5, 5.41) is 3.07. The second kappa shape index (κ2) is 4.89. The Morgan fingerprint density at radius 3 is 2.71 bits per heavy atom. The standard InChI is InChI=1S/C9H17NO3S/c1-2-14(12,13)7-5-9(11)8-4-3-6-10-8/h8,10H,2-7H2,1H3. The molecule has 0 bridgehead atoms. The fourth-order valence-corrected chi connectivity index (χ4v) is 2.33. The fourth-order valence-electron chi connectivity index (χ4n) is 1.53. The third kappa shape index (κ3) is 3.38. The molecule has 0 aromatic carbocycles. The van der Waals surface area contributed by atoms with Crippen molar-refractivity contribution in [3.63, 3.8) is 0 Å². The molecule has 1 atom stereocenters. The molecule has 1 fully saturated rings. The van der Waals surface area contributed by atoms with Crippen LogP contribution < -0.4 is 5.32 Å². The average molecular weight is 219 g/mol. The minimum atomic E-state index is -2.99. The Bertz CT molecular complexity index is 291. The van der Waals surface area contributed by atoms with E-state index in [0.717, 1.165) is 19.4 Å². The first-order valence-electron chi connectivity index (χ1n) is 5.01. The maximum Gasteiger partial charge on any atom is 0.150 e. The van der Waals surface area contributed by atoms with Gasteiger partial charge >= 0.3 is 0 Å². The van der Waals surface area contributed by atoms with Crippen LogP contribution in [0.25, 0.3) is 0 Å². The number of rotatable bonds is 5. The number of hydrogen-bond donors (Lipinski definition) is 1. The second-order valence-corrected chi connectivity index (χ2v) is 6.07. The number of Topliss-reactive ketones (excluding diaryl/α,β-unsaturated/α-hetero) is 1. The molecule has 1 heterocycles. The van der Waals surface area contributed by atoms with Crippen LogP contribution in [0, 0.1) is 0 Å². The summed E-state index contributed by atoms with van der Waals surface area (Å²) < 4.78 is 22.3. The van der Waals surface area contributed by atoms with E-state index >= 15 is 0 Å². The van der Waals surface area contributed by atoms with Crippen LogP contribution in [-0.2, 0) is 14.6 Å². The molecule has 1 N–H and O–H groups in total. The molecule has 0 aromatic heterocycles. The first kappa shape index (κ1) is 11.7. The Kier molecular flexibility index (Phi) is 4.07. The molecule has 4 nitrogen and oxygen atoms in total. The molecule has 0 spiro atoms. The van der Waals surface area contributed by atoms with Gasteiger partial charge in [-0.15, -0.1) is 0 Å². The van der Waals surface area contributed by atoms with Gasteiger partial charge in [-0.3, -0.25) is 4.79 Å². The monoisotopic (exact) mass is 219 g/mol. The smallest absolute Gasteiger partial charge is 0.150 e. The largest absolute Gasteiger partial charge is 0.307 e. The van der Waals surface area contributed by atoms with E-state index in [2.05, 4.69) is 5.32 Å². The van der Waals surface area contributed by atoms with Crippen molar-refractivity contribution in [1.82, 2.24) is 5.32 Å². The Balaban J connectivity index is 2.34. The van der Waals surface area contributed by atoms with E-state index in [-0.39, 0.29) is 29.8 Å². The predicted molar refractivity (Wildman–Crippen MR) is 55.0 cm³/mol. The highest BCUT2D eigenvalue weighted by atomic mass is 32.2. The molecule has 82 valence electrons. The Morgan fingerprint density at radius 2 is 2.21 bits per heavy atom. The number of ketones is 1. The molecule has 0 saturated carbocycles. The molecular weight excluding hydrogens is 202 g/mol. The highest BCUT2D eigenvalue weighted by molar-refractivity contribution is 7.91. The zero-order chi connectivity index (χ0) is 10.6. The first-order chi connectivity index (χ1) is 6.55. The van der Waals surface area contributed by atoms with Gasteiger partial charge in [0, 0.05) is 12.2 Å². The lowest BCUT2D eigenvalue weighted by molar-refractivity contribution is -0.120. The number of nitrogens with one attached hydrogen (secondary N) is 1. The van der Waals surface area contributed by atoms with Gasteiger partial charge < -0.3 is 5.32 Å². The molecule has 1 rings (SSSR count). The van der Waals surface area contributed by atoms with Crippen LogP contribution in [0.1, 0.15) is 26.2 Å². The van der Waals surface area contributed by atoms with E-state index < -0.39 is 9.84 Å². The van der Waals surface area contributed by atoms with Crippen molar-refractivity contribution >= 4 is 15.6 Å². The molecular formula is C9H17NO3S. The van der Waals surface area contributed by atoms with Crippen molar-refractivity contribution in [3.05, 3.63) is 0 Å². The molecule has 14 heavy (non-hydrogen) atoms. The van der Waals surface area contributed by atoms with Crippen LogP contribution >= 0.6 is 0 Å². The molecule has 0 radical (unpaired) electrons. The molecule has 1 aliphatic heterocycles. The summed E-state index contributed by atoms with van der Waals surface area (Å²) in [6.07, 6.45) is 2.02. The molecule has 0 aromatic rings. The Labute approximate surface area is 85.0 Å². The molecule has 1 unspecified atom stereocenters. The van der Waals surface area contributed by atoms with Crippen LogP contribution in [0.5, 0.6) is 0 Å². The third-order valence-corrected chi connectivity index (χ3v) is 4.25. The van der Waals surface area contributed by atoms with Gasteiger partial charge in [0.25, 0.3) is 0 Å². The summed E-state index contributed by atoms with van der Waals surface area (Å²) in [6.45, 7) is 2.48. The number of carbonyl (C=O) groups is 1. The van der Waals surface area contributed by atoms with Crippen molar-refractivity contribution in [2.75, 3.05) is 18.1 Å². The SMILES string of the molecule is CCS(=O)(=O)CCC(=O)C1CCCN1. The third-order valence-electron chi connectivity index (χ3n) is 2.55.